The molecule has 1 atom stereocenters. The minimum Gasteiger partial charge on any atom is -0.497 e. The number of anilines is 1. The summed E-state index contributed by atoms with van der Waals surface area (Å²) in [5, 5.41) is 11.9. The molecule has 7 nitrogen and oxygen atoms in total. The van der Waals surface area contributed by atoms with Gasteiger partial charge in [0.15, 0.2) is 11.0 Å². The van der Waals surface area contributed by atoms with E-state index < -0.39 is 0 Å². The predicted octanol–water partition coefficient (Wildman–Crippen LogP) is 4.10. The van der Waals surface area contributed by atoms with Crippen molar-refractivity contribution in [3.05, 3.63) is 48.5 Å². The largest absolute Gasteiger partial charge is 0.497 e. The first kappa shape index (κ1) is 20.7. The van der Waals surface area contributed by atoms with Crippen molar-refractivity contribution in [3.8, 4) is 22.9 Å². The number of nitrogens with one attached hydrogen (secondary N) is 1. The lowest BCUT2D eigenvalue weighted by atomic mass is 10.2. The number of aromatic nitrogens is 3. The zero-order valence-corrected chi connectivity index (χ0v) is 17.7. The molecule has 0 unspecified atom stereocenters. The number of carbonyl (C=O) groups excluding carboxylic acids is 1. The van der Waals surface area contributed by atoms with Gasteiger partial charge in [0.25, 0.3) is 0 Å². The molecule has 0 radical (unpaired) electrons. The molecule has 29 heavy (non-hydrogen) atoms. The van der Waals surface area contributed by atoms with Gasteiger partial charge >= 0.3 is 0 Å². The Bertz CT molecular complexity index is 972. The van der Waals surface area contributed by atoms with E-state index in [2.05, 4.69) is 15.5 Å². The van der Waals surface area contributed by atoms with E-state index in [-0.39, 0.29) is 11.2 Å². The normalized spacial score (nSPS) is 11.7. The van der Waals surface area contributed by atoms with Crippen molar-refractivity contribution >= 4 is 23.4 Å². The van der Waals surface area contributed by atoms with E-state index in [0.29, 0.717) is 23.1 Å². The van der Waals surface area contributed by atoms with Crippen LogP contribution in [0.1, 0.15) is 13.8 Å². The third-order valence-electron chi connectivity index (χ3n) is 4.40. The molecular weight excluding hydrogens is 388 g/mol. The number of ether oxygens (including phenoxy) is 2. The van der Waals surface area contributed by atoms with Crippen LogP contribution in [0.2, 0.25) is 0 Å². The summed E-state index contributed by atoms with van der Waals surface area (Å²) >= 11 is 1.37. The smallest absolute Gasteiger partial charge is 0.237 e. The van der Waals surface area contributed by atoms with Crippen LogP contribution >= 0.6 is 11.8 Å². The van der Waals surface area contributed by atoms with Crippen LogP contribution in [0.15, 0.2) is 53.7 Å². The van der Waals surface area contributed by atoms with Gasteiger partial charge < -0.3 is 19.4 Å². The summed E-state index contributed by atoms with van der Waals surface area (Å²) in [5.41, 5.74) is 1.58. The number of nitrogens with zero attached hydrogens (tertiary/aromatic N) is 3. The molecule has 0 saturated carbocycles. The Morgan fingerprint density at radius 3 is 2.48 bits per heavy atom. The van der Waals surface area contributed by atoms with Gasteiger partial charge in [0, 0.05) is 12.1 Å². The minimum atomic E-state index is -0.363. The molecule has 2 aromatic carbocycles. The number of amides is 1. The molecule has 0 aliphatic heterocycles. The van der Waals surface area contributed by atoms with Crippen LogP contribution in [0.4, 0.5) is 5.69 Å². The highest BCUT2D eigenvalue weighted by molar-refractivity contribution is 8.00. The van der Waals surface area contributed by atoms with Crippen LogP contribution in [0.25, 0.3) is 11.4 Å². The molecule has 0 saturated heterocycles. The molecule has 0 fully saturated rings. The number of para-hydroxylation sites is 2. The van der Waals surface area contributed by atoms with E-state index in [4.69, 9.17) is 9.47 Å². The first-order chi connectivity index (χ1) is 14.1. The average molecular weight is 413 g/mol. The van der Waals surface area contributed by atoms with E-state index in [1.807, 2.05) is 66.9 Å². The van der Waals surface area contributed by atoms with Gasteiger partial charge in [-0.3, -0.25) is 4.79 Å². The van der Waals surface area contributed by atoms with Crippen LogP contribution in [-0.4, -0.2) is 40.1 Å². The molecule has 152 valence electrons. The fourth-order valence-corrected chi connectivity index (χ4v) is 3.72. The second kappa shape index (κ2) is 9.47. The Labute approximate surface area is 174 Å². The first-order valence-electron chi connectivity index (χ1n) is 9.25. The topological polar surface area (TPSA) is 78.3 Å². The molecule has 1 N–H and O–H groups in total. The van der Waals surface area contributed by atoms with Crippen molar-refractivity contribution in [3.63, 3.8) is 0 Å². The maximum atomic E-state index is 12.7. The van der Waals surface area contributed by atoms with Crippen LogP contribution < -0.4 is 14.8 Å². The standard InChI is InChI=1S/C21H24N4O3S/c1-5-25-19(15-10-12-16(27-3)13-11-15)23-24-21(25)29-14(2)20(26)22-17-8-6-7-9-18(17)28-4/h6-14H,5H2,1-4H3,(H,22,26)/t14-/m0/s1. The van der Waals surface area contributed by atoms with Crippen LogP contribution in [0.5, 0.6) is 11.5 Å². The molecule has 3 rings (SSSR count). The van der Waals surface area contributed by atoms with E-state index in [9.17, 15) is 4.79 Å². The molecule has 0 aliphatic rings. The van der Waals surface area contributed by atoms with Gasteiger partial charge in [-0.05, 0) is 50.2 Å². The number of benzene rings is 2. The number of rotatable bonds is 8. The number of hydrogen-bond donors (Lipinski definition) is 1. The van der Waals surface area contributed by atoms with Gasteiger partial charge in [-0.15, -0.1) is 10.2 Å². The summed E-state index contributed by atoms with van der Waals surface area (Å²) in [6.45, 7) is 4.56. The summed E-state index contributed by atoms with van der Waals surface area (Å²) < 4.78 is 12.5. The molecule has 1 aromatic heterocycles. The molecule has 0 bridgehead atoms. The van der Waals surface area contributed by atoms with Gasteiger partial charge in [-0.2, -0.15) is 0 Å². The van der Waals surface area contributed by atoms with Gasteiger partial charge in [0.2, 0.25) is 5.91 Å². The van der Waals surface area contributed by atoms with E-state index in [1.54, 1.807) is 14.2 Å². The quantitative estimate of drug-likeness (QED) is 0.561. The zero-order chi connectivity index (χ0) is 20.8. The van der Waals surface area contributed by atoms with Gasteiger partial charge in [-0.25, -0.2) is 0 Å². The zero-order valence-electron chi connectivity index (χ0n) is 16.9. The lowest BCUT2D eigenvalue weighted by molar-refractivity contribution is -0.115. The predicted molar refractivity (Wildman–Crippen MR) is 115 cm³/mol. The number of carbonyl (C=O) groups is 1. The molecular formula is C21H24N4O3S. The van der Waals surface area contributed by atoms with Crippen molar-refractivity contribution in [1.82, 2.24) is 14.8 Å². The highest BCUT2D eigenvalue weighted by atomic mass is 32.2. The van der Waals surface area contributed by atoms with Gasteiger partial charge in [0.1, 0.15) is 11.5 Å². The van der Waals surface area contributed by atoms with Crippen molar-refractivity contribution < 1.29 is 14.3 Å². The first-order valence-corrected chi connectivity index (χ1v) is 10.1. The number of hydrogen-bond acceptors (Lipinski definition) is 6. The Kier molecular flexibility index (Phi) is 6.77. The third-order valence-corrected chi connectivity index (χ3v) is 5.48. The van der Waals surface area contributed by atoms with Crippen molar-refractivity contribution in [1.29, 1.82) is 0 Å². The van der Waals surface area contributed by atoms with Crippen LogP contribution in [0.3, 0.4) is 0 Å². The molecule has 1 heterocycles. The monoisotopic (exact) mass is 412 g/mol. The second-order valence-electron chi connectivity index (χ2n) is 6.23. The SMILES string of the molecule is CCn1c(S[C@@H](C)C(=O)Nc2ccccc2OC)nnc1-c1ccc(OC)cc1. The molecule has 0 spiro atoms. The molecule has 1 amide bonds. The highest BCUT2D eigenvalue weighted by Gasteiger charge is 2.21. The number of thioether (sulfide) groups is 1. The van der Waals surface area contributed by atoms with Gasteiger partial charge in [0.05, 0.1) is 25.2 Å². The van der Waals surface area contributed by atoms with Crippen molar-refractivity contribution in [2.45, 2.75) is 30.8 Å². The Balaban J connectivity index is 1.75. The lowest BCUT2D eigenvalue weighted by Gasteiger charge is -2.14. The summed E-state index contributed by atoms with van der Waals surface area (Å²) in [4.78, 5) is 12.7. The Morgan fingerprint density at radius 2 is 1.83 bits per heavy atom. The maximum Gasteiger partial charge on any atom is 0.237 e. The number of methoxy groups -OCH3 is 2. The van der Waals surface area contributed by atoms with E-state index >= 15 is 0 Å². The molecule has 3 aromatic rings. The Hall–Kier alpha value is -3.00. The average Bonchev–Trinajstić information content (AvgIpc) is 3.16. The van der Waals surface area contributed by atoms with Gasteiger partial charge in [-0.1, -0.05) is 23.9 Å². The minimum absolute atomic E-state index is 0.129. The molecule has 0 aliphatic carbocycles. The summed E-state index contributed by atoms with van der Waals surface area (Å²) in [6, 6.07) is 15.0. The highest BCUT2D eigenvalue weighted by Crippen LogP contribution is 2.29. The summed E-state index contributed by atoms with van der Waals surface area (Å²) in [6.07, 6.45) is 0. The van der Waals surface area contributed by atoms with Crippen molar-refractivity contribution in [2.24, 2.45) is 0 Å². The Morgan fingerprint density at radius 1 is 1.10 bits per heavy atom. The van der Waals surface area contributed by atoms with E-state index in [0.717, 1.165) is 17.1 Å². The lowest BCUT2D eigenvalue weighted by Crippen LogP contribution is -2.23. The van der Waals surface area contributed by atoms with Crippen LogP contribution in [-0.2, 0) is 11.3 Å². The third kappa shape index (κ3) is 4.71. The molecule has 8 heteroatoms. The summed E-state index contributed by atoms with van der Waals surface area (Å²) in [5.74, 6) is 2.04. The van der Waals surface area contributed by atoms with E-state index in [1.165, 1.54) is 11.8 Å². The van der Waals surface area contributed by atoms with Crippen molar-refractivity contribution in [2.75, 3.05) is 19.5 Å². The second-order valence-corrected chi connectivity index (χ2v) is 7.54. The van der Waals surface area contributed by atoms with Crippen LogP contribution in [0, 0.1) is 0 Å². The fourth-order valence-electron chi connectivity index (χ4n) is 2.81. The summed E-state index contributed by atoms with van der Waals surface area (Å²) in [7, 11) is 3.21. The maximum absolute atomic E-state index is 12.7. The fraction of sp³-hybridized carbons (Fsp3) is 0.286.